The van der Waals surface area contributed by atoms with Crippen molar-refractivity contribution in [3.8, 4) is 0 Å². The number of ether oxygens (including phenoxy) is 1. The predicted octanol–water partition coefficient (Wildman–Crippen LogP) is 3.50. The third-order valence-electron chi connectivity index (χ3n) is 5.28. The van der Waals surface area contributed by atoms with Gasteiger partial charge >= 0.3 is 5.97 Å². The van der Waals surface area contributed by atoms with Crippen molar-refractivity contribution in [2.75, 3.05) is 18.0 Å². The van der Waals surface area contributed by atoms with Gasteiger partial charge in [0.25, 0.3) is 5.69 Å². The first-order valence-corrected chi connectivity index (χ1v) is 9.23. The normalized spacial score (nSPS) is 21.5. The number of Topliss-reactive ketones (excluding diaryl/α,β-unsaturated/α-hetero) is 1. The highest BCUT2D eigenvalue weighted by atomic mass is 16.6. The number of anilines is 1. The maximum Gasteiger partial charge on any atom is 0.339 e. The van der Waals surface area contributed by atoms with Gasteiger partial charge in [-0.25, -0.2) is 4.79 Å². The van der Waals surface area contributed by atoms with Gasteiger partial charge in [-0.3, -0.25) is 14.9 Å². The summed E-state index contributed by atoms with van der Waals surface area (Å²) in [6.07, 6.45) is 3.87. The number of nitrogens with zero attached hydrogens (tertiary/aromatic N) is 2. The van der Waals surface area contributed by atoms with E-state index in [1.165, 1.54) is 6.07 Å². The number of hydrogen-bond donors (Lipinski definition) is 0. The van der Waals surface area contributed by atoms with Crippen LogP contribution >= 0.6 is 0 Å². The highest BCUT2D eigenvalue weighted by molar-refractivity contribution is 5.94. The summed E-state index contributed by atoms with van der Waals surface area (Å²) in [6.45, 7) is 3.71. The number of esters is 1. The molecule has 1 saturated heterocycles. The molecular weight excluding hydrogens is 336 g/mol. The molecule has 1 aliphatic heterocycles. The van der Waals surface area contributed by atoms with Crippen LogP contribution in [0.15, 0.2) is 18.2 Å². The molecule has 1 saturated carbocycles. The van der Waals surface area contributed by atoms with E-state index in [1.807, 2.05) is 4.90 Å². The molecule has 7 nitrogen and oxygen atoms in total. The summed E-state index contributed by atoms with van der Waals surface area (Å²) in [5.74, 6) is -0.127. The summed E-state index contributed by atoms with van der Waals surface area (Å²) in [5, 5.41) is 11.5. The Morgan fingerprint density at radius 1 is 1.23 bits per heavy atom. The standard InChI is InChI=1S/C19H24N2O5/c1-13-8-10-20(11-9-13)15-7-6-14(12-16(15)21(24)25)19(23)26-18-5-3-2-4-17(18)22/h6-7,12-13,18H,2-5,8-11H2,1H3. The Morgan fingerprint density at radius 2 is 1.96 bits per heavy atom. The smallest absolute Gasteiger partial charge is 0.339 e. The largest absolute Gasteiger partial charge is 0.451 e. The van der Waals surface area contributed by atoms with Gasteiger partial charge < -0.3 is 9.64 Å². The summed E-state index contributed by atoms with van der Waals surface area (Å²) in [6, 6.07) is 4.44. The molecule has 0 amide bonds. The van der Waals surface area contributed by atoms with Crippen LogP contribution in [-0.2, 0) is 9.53 Å². The van der Waals surface area contributed by atoms with E-state index in [-0.39, 0.29) is 17.0 Å². The summed E-state index contributed by atoms with van der Waals surface area (Å²) < 4.78 is 5.30. The van der Waals surface area contributed by atoms with Gasteiger partial charge in [0, 0.05) is 25.6 Å². The Labute approximate surface area is 152 Å². The number of ketones is 1. The third-order valence-corrected chi connectivity index (χ3v) is 5.28. The van der Waals surface area contributed by atoms with Crippen molar-refractivity contribution in [3.05, 3.63) is 33.9 Å². The highest BCUT2D eigenvalue weighted by Crippen LogP contribution is 2.32. The number of carbonyl (C=O) groups is 2. The molecule has 1 unspecified atom stereocenters. The summed E-state index contributed by atoms with van der Waals surface area (Å²) in [4.78, 5) is 37.2. The second kappa shape index (κ2) is 7.85. The zero-order valence-electron chi connectivity index (χ0n) is 15.0. The molecule has 0 N–H and O–H groups in total. The Hall–Kier alpha value is -2.44. The van der Waals surface area contributed by atoms with Crippen molar-refractivity contribution in [3.63, 3.8) is 0 Å². The van der Waals surface area contributed by atoms with Gasteiger partial charge in [-0.1, -0.05) is 6.92 Å². The maximum atomic E-state index is 12.4. The molecule has 1 aromatic rings. The van der Waals surface area contributed by atoms with E-state index < -0.39 is 17.0 Å². The lowest BCUT2D eigenvalue weighted by atomic mass is 9.96. The molecule has 1 aromatic carbocycles. The van der Waals surface area contributed by atoms with E-state index in [2.05, 4.69) is 6.92 Å². The SMILES string of the molecule is CC1CCN(c2ccc(C(=O)OC3CCCCC3=O)cc2[N+](=O)[O-])CC1. The highest BCUT2D eigenvalue weighted by Gasteiger charge is 2.28. The van der Waals surface area contributed by atoms with Crippen molar-refractivity contribution in [1.29, 1.82) is 0 Å². The first-order valence-electron chi connectivity index (χ1n) is 9.23. The Kier molecular flexibility index (Phi) is 5.54. The van der Waals surface area contributed by atoms with Crippen molar-refractivity contribution in [1.82, 2.24) is 0 Å². The molecular formula is C19H24N2O5. The van der Waals surface area contributed by atoms with Crippen LogP contribution in [0.25, 0.3) is 0 Å². The summed E-state index contributed by atoms with van der Waals surface area (Å²) >= 11 is 0. The van der Waals surface area contributed by atoms with E-state index >= 15 is 0 Å². The van der Waals surface area contributed by atoms with E-state index in [1.54, 1.807) is 12.1 Å². The quantitative estimate of drug-likeness (QED) is 0.464. The second-order valence-electron chi connectivity index (χ2n) is 7.24. The van der Waals surface area contributed by atoms with Gasteiger partial charge in [0.15, 0.2) is 11.9 Å². The second-order valence-corrected chi connectivity index (χ2v) is 7.24. The molecule has 2 aliphatic rings. The zero-order valence-corrected chi connectivity index (χ0v) is 15.0. The van der Waals surface area contributed by atoms with Crippen molar-refractivity contribution < 1.29 is 19.2 Å². The molecule has 0 radical (unpaired) electrons. The van der Waals surface area contributed by atoms with Crippen molar-refractivity contribution in [2.45, 2.75) is 51.6 Å². The van der Waals surface area contributed by atoms with E-state index in [4.69, 9.17) is 4.74 Å². The summed E-state index contributed by atoms with van der Waals surface area (Å²) in [7, 11) is 0. The van der Waals surface area contributed by atoms with E-state index in [0.717, 1.165) is 38.8 Å². The number of hydrogen-bond acceptors (Lipinski definition) is 6. The fraction of sp³-hybridized carbons (Fsp3) is 0.579. The third kappa shape index (κ3) is 4.03. The van der Waals surface area contributed by atoms with Gasteiger partial charge in [0.05, 0.1) is 10.5 Å². The topological polar surface area (TPSA) is 89.8 Å². The average Bonchev–Trinajstić information content (AvgIpc) is 2.63. The number of nitro groups is 1. The lowest BCUT2D eigenvalue weighted by Gasteiger charge is -2.31. The molecule has 2 fully saturated rings. The molecule has 0 spiro atoms. The van der Waals surface area contributed by atoms with Crippen LogP contribution < -0.4 is 4.90 Å². The van der Waals surface area contributed by atoms with E-state index in [0.29, 0.717) is 24.4 Å². The molecule has 0 bridgehead atoms. The molecule has 1 heterocycles. The molecule has 0 aromatic heterocycles. The fourth-order valence-corrected chi connectivity index (χ4v) is 3.59. The minimum Gasteiger partial charge on any atom is -0.451 e. The molecule has 26 heavy (non-hydrogen) atoms. The minimum absolute atomic E-state index is 0.0712. The van der Waals surface area contributed by atoms with Gasteiger partial charge in [-0.2, -0.15) is 0 Å². The van der Waals surface area contributed by atoms with Crippen LogP contribution in [0.3, 0.4) is 0 Å². The lowest BCUT2D eigenvalue weighted by molar-refractivity contribution is -0.384. The fourth-order valence-electron chi connectivity index (χ4n) is 3.59. The van der Waals surface area contributed by atoms with Crippen molar-refractivity contribution >= 4 is 23.1 Å². The van der Waals surface area contributed by atoms with Gasteiger partial charge in [-0.15, -0.1) is 0 Å². The van der Waals surface area contributed by atoms with Crippen molar-refractivity contribution in [2.24, 2.45) is 5.92 Å². The molecule has 1 atom stereocenters. The number of rotatable bonds is 4. The van der Waals surface area contributed by atoms with Crippen LogP contribution in [0, 0.1) is 16.0 Å². The molecule has 140 valence electrons. The van der Waals surface area contributed by atoms with Crippen LogP contribution in [-0.4, -0.2) is 35.9 Å². The number of benzene rings is 1. The van der Waals surface area contributed by atoms with E-state index in [9.17, 15) is 19.7 Å². The lowest BCUT2D eigenvalue weighted by Crippen LogP contribution is -2.33. The van der Waals surface area contributed by atoms with Gasteiger partial charge in [0.2, 0.25) is 0 Å². The zero-order chi connectivity index (χ0) is 18.7. The van der Waals surface area contributed by atoms with Gasteiger partial charge in [-0.05, 0) is 50.2 Å². The Morgan fingerprint density at radius 3 is 2.62 bits per heavy atom. The van der Waals surface area contributed by atoms with Crippen LogP contribution in [0.1, 0.15) is 55.8 Å². The average molecular weight is 360 g/mol. The number of nitro benzene ring substituents is 1. The van der Waals surface area contributed by atoms with Crippen LogP contribution in [0.4, 0.5) is 11.4 Å². The predicted molar refractivity (Wildman–Crippen MR) is 96.4 cm³/mol. The molecule has 7 heteroatoms. The first-order chi connectivity index (χ1) is 12.5. The Balaban J connectivity index is 1.78. The number of piperidine rings is 1. The Bertz CT molecular complexity index is 710. The summed E-state index contributed by atoms with van der Waals surface area (Å²) in [5.41, 5.74) is 0.556. The first kappa shape index (κ1) is 18.4. The van der Waals surface area contributed by atoms with Gasteiger partial charge in [0.1, 0.15) is 5.69 Å². The minimum atomic E-state index is -0.724. The molecule has 1 aliphatic carbocycles. The number of carbonyl (C=O) groups excluding carboxylic acids is 2. The van der Waals surface area contributed by atoms with Crippen LogP contribution in [0.5, 0.6) is 0 Å². The van der Waals surface area contributed by atoms with Crippen LogP contribution in [0.2, 0.25) is 0 Å². The monoisotopic (exact) mass is 360 g/mol. The molecule has 3 rings (SSSR count). The maximum absolute atomic E-state index is 12.4.